The minimum atomic E-state index is -4.72. The van der Waals surface area contributed by atoms with E-state index in [1.807, 2.05) is 0 Å². The van der Waals surface area contributed by atoms with Gasteiger partial charge in [-0.1, -0.05) is 6.07 Å². The largest absolute Gasteiger partial charge is 0.486 e. The first-order chi connectivity index (χ1) is 10.0. The third-order valence-electron chi connectivity index (χ3n) is 2.97. The second-order valence-electron chi connectivity index (χ2n) is 4.28. The summed E-state index contributed by atoms with van der Waals surface area (Å²) in [6, 6.07) is 4.55. The standard InChI is InChI=1S/C13H9F3N2O3/c14-13(15,16)12-8(7-19)6-17-18(12)9-2-1-3-10-11(9)21-5-4-20-10/h1-3,6-7H,4-5H2. The lowest BCUT2D eigenvalue weighted by Gasteiger charge is -2.21. The molecule has 2 aromatic rings. The Balaban J connectivity index is 2.22. The van der Waals surface area contributed by atoms with Crippen LogP contribution in [0.3, 0.4) is 0 Å². The van der Waals surface area contributed by atoms with Crippen molar-refractivity contribution in [1.82, 2.24) is 9.78 Å². The van der Waals surface area contributed by atoms with Gasteiger partial charge in [0.05, 0.1) is 11.8 Å². The maximum atomic E-state index is 13.2. The average Bonchev–Trinajstić information content (AvgIpc) is 2.90. The van der Waals surface area contributed by atoms with Crippen molar-refractivity contribution < 1.29 is 27.4 Å². The van der Waals surface area contributed by atoms with Crippen LogP contribution in [0.5, 0.6) is 11.5 Å². The molecule has 0 aliphatic carbocycles. The molecule has 0 fully saturated rings. The fourth-order valence-electron chi connectivity index (χ4n) is 2.14. The number of alkyl halides is 3. The lowest BCUT2D eigenvalue weighted by atomic mass is 10.2. The van der Waals surface area contributed by atoms with Gasteiger partial charge in [-0.05, 0) is 12.1 Å². The van der Waals surface area contributed by atoms with Gasteiger partial charge in [-0.3, -0.25) is 4.79 Å². The summed E-state index contributed by atoms with van der Waals surface area (Å²) in [6.07, 6.45) is -3.72. The van der Waals surface area contributed by atoms with Gasteiger partial charge in [0.2, 0.25) is 0 Å². The number of aromatic nitrogens is 2. The molecule has 0 N–H and O–H groups in total. The van der Waals surface area contributed by atoms with Crippen LogP contribution >= 0.6 is 0 Å². The van der Waals surface area contributed by atoms with E-state index in [4.69, 9.17) is 9.47 Å². The van der Waals surface area contributed by atoms with Gasteiger partial charge >= 0.3 is 6.18 Å². The Morgan fingerprint density at radius 3 is 2.71 bits per heavy atom. The zero-order chi connectivity index (χ0) is 15.0. The molecule has 2 heterocycles. The van der Waals surface area contributed by atoms with Crippen LogP contribution in [0.1, 0.15) is 16.1 Å². The number of nitrogens with zero attached hydrogens (tertiary/aromatic N) is 2. The van der Waals surface area contributed by atoms with Crippen LogP contribution in [-0.4, -0.2) is 29.3 Å². The Morgan fingerprint density at radius 2 is 2.00 bits per heavy atom. The summed E-state index contributed by atoms with van der Waals surface area (Å²) < 4.78 is 50.8. The van der Waals surface area contributed by atoms with Crippen molar-refractivity contribution in [3.8, 4) is 17.2 Å². The van der Waals surface area contributed by atoms with Crippen molar-refractivity contribution in [2.24, 2.45) is 0 Å². The Morgan fingerprint density at radius 1 is 1.24 bits per heavy atom. The number of halogens is 3. The molecule has 0 amide bonds. The van der Waals surface area contributed by atoms with Crippen molar-refractivity contribution in [2.75, 3.05) is 13.2 Å². The van der Waals surface area contributed by atoms with Crippen LogP contribution in [0, 0.1) is 0 Å². The second kappa shape index (κ2) is 4.80. The highest BCUT2D eigenvalue weighted by Gasteiger charge is 2.39. The molecule has 3 rings (SSSR count). The normalized spacial score (nSPS) is 14.0. The first-order valence-electron chi connectivity index (χ1n) is 6.02. The van der Waals surface area contributed by atoms with Crippen molar-refractivity contribution in [1.29, 1.82) is 0 Å². The highest BCUT2D eigenvalue weighted by molar-refractivity contribution is 5.77. The van der Waals surface area contributed by atoms with Crippen LogP contribution in [0.25, 0.3) is 5.69 Å². The average molecular weight is 298 g/mol. The number of benzene rings is 1. The molecule has 1 aromatic carbocycles. The Labute approximate surface area is 116 Å². The summed E-state index contributed by atoms with van der Waals surface area (Å²) in [4.78, 5) is 10.8. The van der Waals surface area contributed by atoms with Gasteiger partial charge in [0, 0.05) is 0 Å². The quantitative estimate of drug-likeness (QED) is 0.799. The van der Waals surface area contributed by atoms with Gasteiger partial charge < -0.3 is 9.47 Å². The summed E-state index contributed by atoms with van der Waals surface area (Å²) in [5, 5.41) is 3.66. The Bertz CT molecular complexity index is 694. The van der Waals surface area contributed by atoms with Crippen LogP contribution < -0.4 is 9.47 Å². The van der Waals surface area contributed by atoms with Gasteiger partial charge in [0.25, 0.3) is 0 Å². The summed E-state index contributed by atoms with van der Waals surface area (Å²) in [6.45, 7) is 0.550. The second-order valence-corrected chi connectivity index (χ2v) is 4.28. The molecule has 0 atom stereocenters. The monoisotopic (exact) mass is 298 g/mol. The molecule has 1 aliphatic rings. The predicted molar refractivity (Wildman–Crippen MR) is 64.9 cm³/mol. The third kappa shape index (κ3) is 2.22. The van der Waals surface area contributed by atoms with Gasteiger partial charge in [-0.2, -0.15) is 18.3 Å². The van der Waals surface area contributed by atoms with Gasteiger partial charge in [-0.25, -0.2) is 4.68 Å². The van der Waals surface area contributed by atoms with Crippen molar-refractivity contribution >= 4 is 6.29 Å². The van der Waals surface area contributed by atoms with Crippen molar-refractivity contribution in [2.45, 2.75) is 6.18 Å². The van der Waals surface area contributed by atoms with Gasteiger partial charge in [-0.15, -0.1) is 0 Å². The molecule has 0 bridgehead atoms. The van der Waals surface area contributed by atoms with E-state index in [0.717, 1.165) is 6.20 Å². The first kappa shape index (κ1) is 13.5. The molecule has 0 unspecified atom stereocenters. The van der Waals surface area contributed by atoms with Crippen molar-refractivity contribution in [3.63, 3.8) is 0 Å². The van der Waals surface area contributed by atoms with E-state index in [2.05, 4.69) is 5.10 Å². The molecule has 110 valence electrons. The van der Waals surface area contributed by atoms with Gasteiger partial charge in [0.15, 0.2) is 23.5 Å². The summed E-state index contributed by atoms with van der Waals surface area (Å²) in [5.41, 5.74) is -1.59. The SMILES string of the molecule is O=Cc1cnn(-c2cccc3c2OCCO3)c1C(F)(F)F. The molecule has 8 heteroatoms. The number of ether oxygens (including phenoxy) is 2. The van der Waals surface area contributed by atoms with Crippen LogP contribution in [0.4, 0.5) is 13.2 Å². The fraction of sp³-hybridized carbons (Fsp3) is 0.231. The minimum absolute atomic E-state index is 0.0765. The Kier molecular flexibility index (Phi) is 3.08. The number of hydrogen-bond donors (Lipinski definition) is 0. The van der Waals surface area contributed by atoms with E-state index < -0.39 is 17.4 Å². The summed E-state index contributed by atoms with van der Waals surface area (Å²) in [5.74, 6) is 0.518. The molecule has 0 saturated heterocycles. The minimum Gasteiger partial charge on any atom is -0.486 e. The topological polar surface area (TPSA) is 53.4 Å². The number of aldehydes is 1. The smallest absolute Gasteiger partial charge is 0.434 e. The molecule has 0 saturated carbocycles. The molecular formula is C13H9F3N2O3. The van der Waals surface area contributed by atoms with E-state index in [1.54, 1.807) is 6.07 Å². The highest BCUT2D eigenvalue weighted by atomic mass is 19.4. The molecular weight excluding hydrogens is 289 g/mol. The molecule has 0 spiro atoms. The van der Waals surface area contributed by atoms with E-state index in [1.165, 1.54) is 12.1 Å². The predicted octanol–water partition coefficient (Wildman–Crippen LogP) is 2.47. The van der Waals surface area contributed by atoms with E-state index in [-0.39, 0.29) is 24.3 Å². The lowest BCUT2D eigenvalue weighted by Crippen LogP contribution is -2.19. The molecule has 21 heavy (non-hydrogen) atoms. The van der Waals surface area contributed by atoms with E-state index in [0.29, 0.717) is 17.0 Å². The highest BCUT2D eigenvalue weighted by Crippen LogP contribution is 2.39. The molecule has 0 radical (unpaired) electrons. The number of carbonyl (C=O) groups is 1. The third-order valence-corrected chi connectivity index (χ3v) is 2.97. The van der Waals surface area contributed by atoms with Crippen molar-refractivity contribution in [3.05, 3.63) is 35.7 Å². The maximum Gasteiger partial charge on any atom is 0.434 e. The number of hydrogen-bond acceptors (Lipinski definition) is 4. The van der Waals surface area contributed by atoms with Crippen LogP contribution in [-0.2, 0) is 6.18 Å². The maximum absolute atomic E-state index is 13.2. The Hall–Kier alpha value is -2.51. The van der Waals surface area contributed by atoms with Gasteiger partial charge in [0.1, 0.15) is 18.9 Å². The summed E-state index contributed by atoms with van der Waals surface area (Å²) >= 11 is 0. The number of fused-ring (bicyclic) bond motifs is 1. The lowest BCUT2D eigenvalue weighted by molar-refractivity contribution is -0.143. The van der Waals surface area contributed by atoms with Crippen LogP contribution in [0.15, 0.2) is 24.4 Å². The van der Waals surface area contributed by atoms with E-state index >= 15 is 0 Å². The number of carbonyl (C=O) groups excluding carboxylic acids is 1. The zero-order valence-corrected chi connectivity index (χ0v) is 10.6. The van der Waals surface area contributed by atoms with E-state index in [9.17, 15) is 18.0 Å². The first-order valence-corrected chi connectivity index (χ1v) is 6.02. The van der Waals surface area contributed by atoms with Crippen LogP contribution in [0.2, 0.25) is 0 Å². The number of rotatable bonds is 2. The summed E-state index contributed by atoms with van der Waals surface area (Å²) in [7, 11) is 0. The zero-order valence-electron chi connectivity index (χ0n) is 10.6. The fourth-order valence-corrected chi connectivity index (χ4v) is 2.14. The molecule has 5 nitrogen and oxygen atoms in total. The number of para-hydroxylation sites is 1. The molecule has 1 aliphatic heterocycles. The molecule has 1 aromatic heterocycles.